The molecule has 6 nitrogen and oxygen atoms in total. The molecule has 1 saturated heterocycles. The Morgan fingerprint density at radius 3 is 2.72 bits per heavy atom. The van der Waals surface area contributed by atoms with Crippen molar-refractivity contribution >= 4 is 5.91 Å². The van der Waals surface area contributed by atoms with Gasteiger partial charge in [-0.25, -0.2) is 0 Å². The minimum Gasteiger partial charge on any atom is -0.497 e. The SMILES string of the molecule is COc1ccc(OC)c(CN2CCNC(=O)C(Cc3ccccc3-c3cccnc3)C2)c1. The van der Waals surface area contributed by atoms with Crippen LogP contribution in [0.25, 0.3) is 11.1 Å². The van der Waals surface area contributed by atoms with Crippen LogP contribution in [0.1, 0.15) is 11.1 Å². The smallest absolute Gasteiger partial charge is 0.224 e. The van der Waals surface area contributed by atoms with Gasteiger partial charge in [0.2, 0.25) is 5.91 Å². The van der Waals surface area contributed by atoms with Crippen molar-refractivity contribution in [2.45, 2.75) is 13.0 Å². The number of aromatic nitrogens is 1. The van der Waals surface area contributed by atoms with Gasteiger partial charge in [-0.1, -0.05) is 30.3 Å². The molecule has 1 atom stereocenters. The lowest BCUT2D eigenvalue weighted by atomic mass is 9.92. The van der Waals surface area contributed by atoms with Crippen LogP contribution in [0.4, 0.5) is 0 Å². The van der Waals surface area contributed by atoms with Crippen LogP contribution in [0, 0.1) is 5.92 Å². The van der Waals surface area contributed by atoms with Crippen LogP contribution >= 0.6 is 0 Å². The van der Waals surface area contributed by atoms with Gasteiger partial charge in [0.15, 0.2) is 0 Å². The standard InChI is InChI=1S/C26H29N3O3/c1-31-23-9-10-25(32-2)21(15-23)17-29-13-12-28-26(30)22(18-29)14-19-6-3-4-8-24(19)20-7-5-11-27-16-20/h3-11,15-16,22H,12-14,17-18H2,1-2H3,(H,28,30). The van der Waals surface area contributed by atoms with Crippen molar-refractivity contribution in [2.24, 2.45) is 5.92 Å². The molecule has 4 rings (SSSR count). The summed E-state index contributed by atoms with van der Waals surface area (Å²) in [7, 11) is 3.34. The first-order valence-electron chi connectivity index (χ1n) is 10.9. The number of amides is 1. The molecule has 1 aliphatic heterocycles. The number of pyridine rings is 1. The van der Waals surface area contributed by atoms with Crippen LogP contribution in [-0.2, 0) is 17.8 Å². The van der Waals surface area contributed by atoms with E-state index in [2.05, 4.69) is 33.4 Å². The Balaban J connectivity index is 1.55. The molecule has 166 valence electrons. The molecule has 6 heteroatoms. The molecule has 1 aliphatic rings. The number of hydrogen-bond acceptors (Lipinski definition) is 5. The molecule has 1 unspecified atom stereocenters. The van der Waals surface area contributed by atoms with E-state index < -0.39 is 0 Å². The third-order valence-electron chi connectivity index (χ3n) is 5.91. The van der Waals surface area contributed by atoms with Crippen LogP contribution in [-0.4, -0.2) is 49.6 Å². The number of nitrogens with one attached hydrogen (secondary N) is 1. The topological polar surface area (TPSA) is 63.7 Å². The predicted octanol–water partition coefficient (Wildman–Crippen LogP) is 3.56. The van der Waals surface area contributed by atoms with E-state index in [-0.39, 0.29) is 11.8 Å². The van der Waals surface area contributed by atoms with Crippen LogP contribution < -0.4 is 14.8 Å². The van der Waals surface area contributed by atoms with Gasteiger partial charge in [0.05, 0.1) is 20.1 Å². The Hall–Kier alpha value is -3.38. The number of rotatable bonds is 7. The molecular weight excluding hydrogens is 402 g/mol. The lowest BCUT2D eigenvalue weighted by molar-refractivity contribution is -0.124. The Bertz CT molecular complexity index is 1060. The van der Waals surface area contributed by atoms with Crippen molar-refractivity contribution in [1.82, 2.24) is 15.2 Å². The highest BCUT2D eigenvalue weighted by Crippen LogP contribution is 2.28. The Labute approximate surface area is 189 Å². The Morgan fingerprint density at radius 2 is 1.94 bits per heavy atom. The predicted molar refractivity (Wildman–Crippen MR) is 125 cm³/mol. The summed E-state index contributed by atoms with van der Waals surface area (Å²) in [5.74, 6) is 1.58. The average Bonchev–Trinajstić information content (AvgIpc) is 3.00. The van der Waals surface area contributed by atoms with Crippen LogP contribution in [0.15, 0.2) is 67.0 Å². The normalized spacial score (nSPS) is 16.8. The molecule has 0 aliphatic carbocycles. The van der Waals surface area contributed by atoms with Crippen LogP contribution in [0.5, 0.6) is 11.5 Å². The van der Waals surface area contributed by atoms with Gasteiger partial charge in [-0.3, -0.25) is 14.7 Å². The molecular formula is C26H29N3O3. The fraction of sp³-hybridized carbons (Fsp3) is 0.308. The summed E-state index contributed by atoms with van der Waals surface area (Å²) in [4.78, 5) is 19.5. The van der Waals surface area contributed by atoms with Gasteiger partial charge >= 0.3 is 0 Å². The van der Waals surface area contributed by atoms with Crippen LogP contribution in [0.2, 0.25) is 0 Å². The largest absolute Gasteiger partial charge is 0.497 e. The van der Waals surface area contributed by atoms with E-state index in [9.17, 15) is 4.79 Å². The summed E-state index contributed by atoms with van der Waals surface area (Å²) < 4.78 is 11.0. The van der Waals surface area contributed by atoms with Crippen LogP contribution in [0.3, 0.4) is 0 Å². The van der Waals surface area contributed by atoms with Crippen molar-refractivity contribution in [3.05, 3.63) is 78.1 Å². The van der Waals surface area contributed by atoms with Gasteiger partial charge < -0.3 is 14.8 Å². The quantitative estimate of drug-likeness (QED) is 0.620. The van der Waals surface area contributed by atoms with Crippen molar-refractivity contribution < 1.29 is 14.3 Å². The monoisotopic (exact) mass is 431 g/mol. The van der Waals surface area contributed by atoms with Crippen molar-refractivity contribution in [2.75, 3.05) is 33.9 Å². The average molecular weight is 432 g/mol. The fourth-order valence-electron chi connectivity index (χ4n) is 4.28. The Kier molecular flexibility index (Phi) is 7.02. The van der Waals surface area contributed by atoms with E-state index in [1.165, 1.54) is 0 Å². The maximum Gasteiger partial charge on any atom is 0.224 e. The minimum atomic E-state index is -0.146. The third kappa shape index (κ3) is 5.08. The first-order chi connectivity index (χ1) is 15.7. The zero-order chi connectivity index (χ0) is 22.3. The first-order valence-corrected chi connectivity index (χ1v) is 10.9. The maximum atomic E-state index is 12.9. The Morgan fingerprint density at radius 1 is 1.06 bits per heavy atom. The number of carbonyl (C=O) groups excluding carboxylic acids is 1. The van der Waals surface area contributed by atoms with Gasteiger partial charge in [-0.15, -0.1) is 0 Å². The van der Waals surface area contributed by atoms with E-state index in [0.29, 0.717) is 26.1 Å². The zero-order valence-corrected chi connectivity index (χ0v) is 18.6. The summed E-state index contributed by atoms with van der Waals surface area (Å²) in [6.45, 7) is 2.78. The molecule has 0 radical (unpaired) electrons. The van der Waals surface area contributed by atoms with E-state index in [1.54, 1.807) is 20.4 Å². The number of ether oxygens (including phenoxy) is 2. The van der Waals surface area contributed by atoms with Gasteiger partial charge in [-0.2, -0.15) is 0 Å². The molecule has 1 fully saturated rings. The maximum absolute atomic E-state index is 12.9. The van der Waals surface area contributed by atoms with Gasteiger partial charge in [0, 0.05) is 49.7 Å². The highest BCUT2D eigenvalue weighted by molar-refractivity contribution is 5.80. The fourth-order valence-corrected chi connectivity index (χ4v) is 4.28. The van der Waals surface area contributed by atoms with Crippen molar-refractivity contribution in [3.63, 3.8) is 0 Å². The number of methoxy groups -OCH3 is 2. The van der Waals surface area contributed by atoms with E-state index in [4.69, 9.17) is 9.47 Å². The molecule has 0 bridgehead atoms. The van der Waals surface area contributed by atoms with Gasteiger partial charge in [0.25, 0.3) is 0 Å². The molecule has 0 saturated carbocycles. The number of carbonyl (C=O) groups is 1. The molecule has 0 spiro atoms. The lowest BCUT2D eigenvalue weighted by Gasteiger charge is -2.24. The third-order valence-corrected chi connectivity index (χ3v) is 5.91. The summed E-state index contributed by atoms with van der Waals surface area (Å²) in [5, 5.41) is 3.09. The number of hydrogen-bond donors (Lipinski definition) is 1. The highest BCUT2D eigenvalue weighted by atomic mass is 16.5. The second-order valence-corrected chi connectivity index (χ2v) is 8.00. The number of benzene rings is 2. The summed E-state index contributed by atoms with van der Waals surface area (Å²) in [6.07, 6.45) is 4.31. The molecule has 1 N–H and O–H groups in total. The summed E-state index contributed by atoms with van der Waals surface area (Å²) in [6, 6.07) is 18.1. The van der Waals surface area contributed by atoms with Gasteiger partial charge in [-0.05, 0) is 41.8 Å². The van der Waals surface area contributed by atoms with E-state index in [0.717, 1.165) is 40.3 Å². The number of nitrogens with zero attached hydrogens (tertiary/aromatic N) is 2. The molecule has 32 heavy (non-hydrogen) atoms. The first kappa shape index (κ1) is 21.8. The molecule has 1 amide bonds. The molecule has 1 aromatic heterocycles. The summed E-state index contributed by atoms with van der Waals surface area (Å²) in [5.41, 5.74) is 4.39. The second-order valence-electron chi connectivity index (χ2n) is 8.00. The zero-order valence-electron chi connectivity index (χ0n) is 18.6. The molecule has 2 aromatic carbocycles. The minimum absolute atomic E-state index is 0.103. The van der Waals surface area contributed by atoms with Gasteiger partial charge in [0.1, 0.15) is 11.5 Å². The van der Waals surface area contributed by atoms with Crippen molar-refractivity contribution in [1.29, 1.82) is 0 Å². The van der Waals surface area contributed by atoms with Crippen molar-refractivity contribution in [3.8, 4) is 22.6 Å². The molecule has 3 aromatic rings. The van der Waals surface area contributed by atoms with E-state index >= 15 is 0 Å². The van der Waals surface area contributed by atoms with E-state index in [1.807, 2.05) is 42.6 Å². The highest BCUT2D eigenvalue weighted by Gasteiger charge is 2.26. The summed E-state index contributed by atoms with van der Waals surface area (Å²) >= 11 is 0. The lowest BCUT2D eigenvalue weighted by Crippen LogP contribution is -2.33. The second kappa shape index (κ2) is 10.3. The molecule has 2 heterocycles.